The number of aryl methyl sites for hydroxylation is 1. The zero-order valence-corrected chi connectivity index (χ0v) is 17.6. The van der Waals surface area contributed by atoms with Crippen LogP contribution >= 0.6 is 11.8 Å². The second kappa shape index (κ2) is 7.92. The van der Waals surface area contributed by atoms with Crippen LogP contribution in [0, 0.1) is 24.2 Å². The van der Waals surface area contributed by atoms with Gasteiger partial charge in [-0.3, -0.25) is 9.59 Å². The Kier molecular flexibility index (Phi) is 5.31. The Morgan fingerprint density at radius 2 is 2.10 bits per heavy atom. The van der Waals surface area contributed by atoms with E-state index in [0.29, 0.717) is 21.9 Å². The standard InChI is InChI=1S/C22H21N5O2S/c1-14-7-10-18(24-11-14)27-20(29)16-5-3-4-6-17(16)25-21(27)30-12-19(28)26-22(2,13-23)15-8-9-15/h3-7,10-11,15H,8-9,12H2,1-2H3,(H,26,28). The number of carbonyl (C=O) groups excluding carboxylic acids is 1. The van der Waals surface area contributed by atoms with Gasteiger partial charge >= 0.3 is 0 Å². The number of nitrogens with zero attached hydrogens (tertiary/aromatic N) is 4. The quantitative estimate of drug-likeness (QED) is 0.487. The summed E-state index contributed by atoms with van der Waals surface area (Å²) in [5.74, 6) is 0.430. The Balaban J connectivity index is 1.66. The lowest BCUT2D eigenvalue weighted by molar-refractivity contribution is -0.119. The number of fused-ring (bicyclic) bond motifs is 1. The van der Waals surface area contributed by atoms with Gasteiger partial charge in [0, 0.05) is 6.20 Å². The van der Waals surface area contributed by atoms with E-state index in [1.54, 1.807) is 37.4 Å². The lowest BCUT2D eigenvalue weighted by Gasteiger charge is -2.22. The first-order valence-electron chi connectivity index (χ1n) is 9.71. The lowest BCUT2D eigenvalue weighted by atomic mass is 9.98. The van der Waals surface area contributed by atoms with E-state index >= 15 is 0 Å². The Bertz CT molecular complexity index is 1210. The molecule has 0 aliphatic heterocycles. The van der Waals surface area contributed by atoms with Gasteiger partial charge in [0.05, 0.1) is 22.7 Å². The maximum Gasteiger partial charge on any atom is 0.267 e. The number of benzene rings is 1. The van der Waals surface area contributed by atoms with Gasteiger partial charge in [-0.15, -0.1) is 0 Å². The Hall–Kier alpha value is -3.18. The van der Waals surface area contributed by atoms with Crippen molar-refractivity contribution < 1.29 is 4.79 Å². The molecule has 1 saturated carbocycles. The molecule has 1 amide bonds. The van der Waals surface area contributed by atoms with E-state index in [-0.39, 0.29) is 23.1 Å². The highest BCUT2D eigenvalue weighted by atomic mass is 32.2. The van der Waals surface area contributed by atoms with Crippen molar-refractivity contribution in [1.82, 2.24) is 19.9 Å². The zero-order chi connectivity index (χ0) is 21.3. The number of nitrogens with one attached hydrogen (secondary N) is 1. The topological polar surface area (TPSA) is 101 Å². The van der Waals surface area contributed by atoms with Crippen LogP contribution in [0.4, 0.5) is 0 Å². The van der Waals surface area contributed by atoms with Crippen LogP contribution < -0.4 is 10.9 Å². The molecule has 1 aromatic carbocycles. The van der Waals surface area contributed by atoms with Gasteiger partial charge in [-0.05, 0) is 56.4 Å². The molecule has 0 radical (unpaired) electrons. The van der Waals surface area contributed by atoms with Crippen molar-refractivity contribution in [1.29, 1.82) is 5.26 Å². The maximum atomic E-state index is 13.2. The summed E-state index contributed by atoms with van der Waals surface area (Å²) in [6, 6.07) is 13.0. The Morgan fingerprint density at radius 1 is 1.33 bits per heavy atom. The normalized spacial score (nSPS) is 15.4. The smallest absolute Gasteiger partial charge is 0.267 e. The molecule has 1 N–H and O–H groups in total. The van der Waals surface area contributed by atoms with E-state index in [9.17, 15) is 14.9 Å². The molecule has 1 unspecified atom stereocenters. The molecule has 2 heterocycles. The van der Waals surface area contributed by atoms with E-state index in [4.69, 9.17) is 0 Å². The number of hydrogen-bond acceptors (Lipinski definition) is 6. The highest BCUT2D eigenvalue weighted by molar-refractivity contribution is 7.99. The number of carbonyl (C=O) groups is 1. The molecule has 1 atom stereocenters. The Morgan fingerprint density at radius 3 is 2.77 bits per heavy atom. The van der Waals surface area contributed by atoms with Crippen molar-refractivity contribution in [3.05, 3.63) is 58.5 Å². The van der Waals surface area contributed by atoms with Crippen molar-refractivity contribution in [2.24, 2.45) is 5.92 Å². The molecule has 4 rings (SSSR count). The first-order valence-corrected chi connectivity index (χ1v) is 10.7. The van der Waals surface area contributed by atoms with Crippen molar-refractivity contribution in [3.8, 4) is 11.9 Å². The van der Waals surface area contributed by atoms with E-state index < -0.39 is 5.54 Å². The first-order chi connectivity index (χ1) is 14.4. The predicted octanol–water partition coefficient (Wildman–Crippen LogP) is 2.99. The number of thioether (sulfide) groups is 1. The number of aromatic nitrogens is 3. The summed E-state index contributed by atoms with van der Waals surface area (Å²) in [5.41, 5.74) is 0.449. The van der Waals surface area contributed by atoms with Gasteiger partial charge in [-0.2, -0.15) is 5.26 Å². The van der Waals surface area contributed by atoms with Gasteiger partial charge in [-0.25, -0.2) is 14.5 Å². The average molecular weight is 420 g/mol. The van der Waals surface area contributed by atoms with Crippen molar-refractivity contribution >= 4 is 28.6 Å². The molecule has 8 heteroatoms. The second-order valence-corrected chi connectivity index (χ2v) is 8.61. The van der Waals surface area contributed by atoms with Crippen LogP contribution in [0.15, 0.2) is 52.5 Å². The number of nitriles is 1. The molecule has 1 aliphatic carbocycles. The fraction of sp³-hybridized carbons (Fsp3) is 0.318. The van der Waals surface area contributed by atoms with Crippen LogP contribution in [-0.4, -0.2) is 31.7 Å². The molecule has 0 saturated heterocycles. The summed E-state index contributed by atoms with van der Waals surface area (Å²) in [4.78, 5) is 34.7. The third-order valence-corrected chi connectivity index (χ3v) is 6.17. The fourth-order valence-corrected chi connectivity index (χ4v) is 4.14. The monoisotopic (exact) mass is 419 g/mol. The van der Waals surface area contributed by atoms with Crippen LogP contribution in [0.3, 0.4) is 0 Å². The lowest BCUT2D eigenvalue weighted by Crippen LogP contribution is -2.47. The number of para-hydroxylation sites is 1. The van der Waals surface area contributed by atoms with Crippen molar-refractivity contribution in [3.63, 3.8) is 0 Å². The SMILES string of the molecule is Cc1ccc(-n2c(SCC(=O)NC(C)(C#N)C3CC3)nc3ccccc3c2=O)nc1. The van der Waals surface area contributed by atoms with E-state index in [1.807, 2.05) is 19.1 Å². The molecule has 3 aromatic rings. The molecule has 1 fully saturated rings. The molecular formula is C22H21N5O2S. The van der Waals surface area contributed by atoms with Crippen LogP contribution in [0.25, 0.3) is 16.7 Å². The Labute approximate surface area is 178 Å². The van der Waals surface area contributed by atoms with Crippen LogP contribution in [0.2, 0.25) is 0 Å². The van der Waals surface area contributed by atoms with E-state index in [1.165, 1.54) is 4.57 Å². The van der Waals surface area contributed by atoms with Gasteiger partial charge < -0.3 is 5.32 Å². The van der Waals surface area contributed by atoms with Gasteiger partial charge in [0.1, 0.15) is 11.4 Å². The van der Waals surface area contributed by atoms with Crippen LogP contribution in [0.5, 0.6) is 0 Å². The summed E-state index contributed by atoms with van der Waals surface area (Å²) >= 11 is 1.16. The number of amides is 1. The fourth-order valence-electron chi connectivity index (χ4n) is 3.34. The minimum absolute atomic E-state index is 0.0423. The third kappa shape index (κ3) is 3.94. The first kappa shape index (κ1) is 20.1. The largest absolute Gasteiger partial charge is 0.337 e. The molecule has 0 bridgehead atoms. The summed E-state index contributed by atoms with van der Waals surface area (Å²) in [6.07, 6.45) is 3.58. The molecular weight excluding hydrogens is 398 g/mol. The molecule has 30 heavy (non-hydrogen) atoms. The minimum Gasteiger partial charge on any atom is -0.337 e. The van der Waals surface area contributed by atoms with E-state index in [0.717, 1.165) is 30.2 Å². The highest BCUT2D eigenvalue weighted by Gasteiger charge is 2.43. The summed E-state index contributed by atoms with van der Waals surface area (Å²) in [5, 5.41) is 13.2. The van der Waals surface area contributed by atoms with E-state index in [2.05, 4.69) is 21.4 Å². The van der Waals surface area contributed by atoms with Gasteiger partial charge in [0.15, 0.2) is 5.16 Å². The van der Waals surface area contributed by atoms with Crippen molar-refractivity contribution in [2.45, 2.75) is 37.4 Å². The third-order valence-electron chi connectivity index (χ3n) is 5.23. The number of pyridine rings is 1. The maximum absolute atomic E-state index is 13.2. The van der Waals surface area contributed by atoms with Gasteiger partial charge in [0.2, 0.25) is 5.91 Å². The number of hydrogen-bond donors (Lipinski definition) is 1. The summed E-state index contributed by atoms with van der Waals surface area (Å²) in [7, 11) is 0. The second-order valence-electron chi connectivity index (χ2n) is 7.67. The summed E-state index contributed by atoms with van der Waals surface area (Å²) in [6.45, 7) is 3.68. The minimum atomic E-state index is -0.855. The van der Waals surface area contributed by atoms with Crippen LogP contribution in [-0.2, 0) is 4.79 Å². The van der Waals surface area contributed by atoms with Gasteiger partial charge in [-0.1, -0.05) is 30.0 Å². The predicted molar refractivity (Wildman–Crippen MR) is 115 cm³/mol. The molecule has 152 valence electrons. The highest BCUT2D eigenvalue weighted by Crippen LogP contribution is 2.39. The average Bonchev–Trinajstić information content (AvgIpc) is 3.59. The molecule has 7 nitrogen and oxygen atoms in total. The van der Waals surface area contributed by atoms with Gasteiger partial charge in [0.25, 0.3) is 5.56 Å². The van der Waals surface area contributed by atoms with Crippen molar-refractivity contribution in [2.75, 3.05) is 5.75 Å². The molecule has 2 aromatic heterocycles. The molecule has 0 spiro atoms. The zero-order valence-electron chi connectivity index (χ0n) is 16.8. The molecule has 1 aliphatic rings. The van der Waals surface area contributed by atoms with Crippen LogP contribution in [0.1, 0.15) is 25.3 Å². The number of rotatable bonds is 6. The summed E-state index contributed by atoms with van der Waals surface area (Å²) < 4.78 is 1.43.